The van der Waals surface area contributed by atoms with E-state index >= 15 is 0 Å². The molecule has 0 heterocycles. The zero-order valence-electron chi connectivity index (χ0n) is 13.4. The maximum Gasteiger partial charge on any atom is 0.0701 e. The van der Waals surface area contributed by atoms with Gasteiger partial charge in [-0.1, -0.05) is 38.1 Å². The van der Waals surface area contributed by atoms with Crippen LogP contribution in [0, 0.1) is 17.3 Å². The fraction of sp³-hybridized carbons (Fsp3) is 0.700. The second kappa shape index (κ2) is 4.59. The molecule has 0 saturated heterocycles. The van der Waals surface area contributed by atoms with Gasteiger partial charge in [0.25, 0.3) is 0 Å². The van der Waals surface area contributed by atoms with Gasteiger partial charge in [0.1, 0.15) is 0 Å². The first-order valence-electron chi connectivity index (χ1n) is 8.89. The van der Waals surface area contributed by atoms with Crippen molar-refractivity contribution >= 4 is 0 Å². The van der Waals surface area contributed by atoms with Crippen LogP contribution in [0.25, 0.3) is 0 Å². The smallest absolute Gasteiger partial charge is 0.0701 e. The summed E-state index contributed by atoms with van der Waals surface area (Å²) in [7, 11) is 0. The van der Waals surface area contributed by atoms with Crippen molar-refractivity contribution in [3.63, 3.8) is 0 Å². The summed E-state index contributed by atoms with van der Waals surface area (Å²) in [5.41, 5.74) is 2.98. The van der Waals surface area contributed by atoms with E-state index in [1.807, 2.05) is 0 Å². The SMILES string of the molecule is CC[C@@]1(O)CC[C@H]2[C@@H]3CCc4ccccc4[C@H]3CC[C@@]21C. The van der Waals surface area contributed by atoms with Gasteiger partial charge in [-0.25, -0.2) is 0 Å². The van der Waals surface area contributed by atoms with Gasteiger partial charge in [0.05, 0.1) is 5.60 Å². The molecular formula is C20H28O. The third kappa shape index (κ3) is 1.73. The van der Waals surface area contributed by atoms with Crippen molar-refractivity contribution in [2.24, 2.45) is 17.3 Å². The molecule has 0 bridgehead atoms. The highest BCUT2D eigenvalue weighted by Gasteiger charge is 2.60. The van der Waals surface area contributed by atoms with E-state index in [-0.39, 0.29) is 5.41 Å². The lowest BCUT2D eigenvalue weighted by Gasteiger charge is -2.53. The molecule has 1 heteroatoms. The molecule has 1 N–H and O–H groups in total. The minimum Gasteiger partial charge on any atom is -0.389 e. The number of hydrogen-bond acceptors (Lipinski definition) is 1. The molecule has 114 valence electrons. The van der Waals surface area contributed by atoms with Gasteiger partial charge in [0, 0.05) is 0 Å². The second-order valence-electron chi connectivity index (χ2n) is 7.99. The average Bonchev–Trinajstić information content (AvgIpc) is 2.79. The van der Waals surface area contributed by atoms with Crippen LogP contribution in [0.5, 0.6) is 0 Å². The number of hydrogen-bond donors (Lipinski definition) is 1. The average molecular weight is 284 g/mol. The summed E-state index contributed by atoms with van der Waals surface area (Å²) in [5, 5.41) is 11.1. The summed E-state index contributed by atoms with van der Waals surface area (Å²) in [4.78, 5) is 0. The maximum absolute atomic E-state index is 11.1. The standard InChI is InChI=1S/C20H28O/c1-3-20(21)13-11-18-17-9-8-14-6-4-5-7-15(14)16(17)10-12-19(18,20)2/h4-7,16-18,21H,3,8-13H2,1-2H3/t16-,17-,18+,19+,20-/m1/s1. The Morgan fingerprint density at radius 3 is 2.76 bits per heavy atom. The number of benzene rings is 1. The Morgan fingerprint density at radius 1 is 1.14 bits per heavy atom. The van der Waals surface area contributed by atoms with Crippen molar-refractivity contribution in [3.05, 3.63) is 35.4 Å². The van der Waals surface area contributed by atoms with Crippen LogP contribution in [0.3, 0.4) is 0 Å². The number of aliphatic hydroxyl groups is 1. The van der Waals surface area contributed by atoms with Crippen LogP contribution in [0.15, 0.2) is 24.3 Å². The Kier molecular flexibility index (Phi) is 3.02. The lowest BCUT2D eigenvalue weighted by molar-refractivity contribution is -0.104. The Labute approximate surface area is 128 Å². The largest absolute Gasteiger partial charge is 0.389 e. The fourth-order valence-electron chi connectivity index (χ4n) is 6.21. The summed E-state index contributed by atoms with van der Waals surface area (Å²) in [6.45, 7) is 4.57. The molecule has 1 aromatic rings. The van der Waals surface area contributed by atoms with Gasteiger partial charge < -0.3 is 5.11 Å². The molecule has 1 aromatic carbocycles. The predicted molar refractivity (Wildman–Crippen MR) is 86.3 cm³/mol. The third-order valence-corrected chi connectivity index (χ3v) is 7.55. The molecule has 3 aliphatic rings. The highest BCUT2D eigenvalue weighted by molar-refractivity contribution is 5.35. The zero-order chi connectivity index (χ0) is 14.7. The molecule has 1 nitrogen and oxygen atoms in total. The minimum atomic E-state index is -0.403. The number of aryl methyl sites for hydroxylation is 1. The van der Waals surface area contributed by atoms with Crippen LogP contribution in [-0.2, 0) is 6.42 Å². The van der Waals surface area contributed by atoms with Crippen LogP contribution in [0.2, 0.25) is 0 Å². The molecule has 0 aliphatic heterocycles. The molecule has 0 amide bonds. The molecule has 5 atom stereocenters. The minimum absolute atomic E-state index is 0.162. The predicted octanol–water partition coefficient (Wildman–Crippen LogP) is 4.68. The molecule has 2 saturated carbocycles. The van der Waals surface area contributed by atoms with Crippen LogP contribution in [-0.4, -0.2) is 10.7 Å². The maximum atomic E-state index is 11.1. The molecule has 4 rings (SSSR count). The Balaban J connectivity index is 1.71. The van der Waals surface area contributed by atoms with Gasteiger partial charge in [-0.2, -0.15) is 0 Å². The lowest BCUT2D eigenvalue weighted by atomic mass is 9.53. The van der Waals surface area contributed by atoms with Gasteiger partial charge in [-0.05, 0) is 79.2 Å². The first-order valence-corrected chi connectivity index (χ1v) is 8.89. The Hall–Kier alpha value is -0.820. The zero-order valence-corrected chi connectivity index (χ0v) is 13.4. The summed E-state index contributed by atoms with van der Waals surface area (Å²) in [6.07, 6.45) is 8.25. The van der Waals surface area contributed by atoms with E-state index in [0.717, 1.165) is 30.6 Å². The molecule has 21 heavy (non-hydrogen) atoms. The van der Waals surface area contributed by atoms with Gasteiger partial charge in [-0.3, -0.25) is 0 Å². The summed E-state index contributed by atoms with van der Waals surface area (Å²) < 4.78 is 0. The molecule has 0 unspecified atom stereocenters. The third-order valence-electron chi connectivity index (χ3n) is 7.55. The van der Waals surface area contributed by atoms with E-state index in [1.54, 1.807) is 11.1 Å². The van der Waals surface area contributed by atoms with E-state index < -0.39 is 5.60 Å². The van der Waals surface area contributed by atoms with Gasteiger partial charge in [-0.15, -0.1) is 0 Å². The van der Waals surface area contributed by atoms with E-state index in [0.29, 0.717) is 0 Å². The van der Waals surface area contributed by atoms with E-state index in [9.17, 15) is 5.11 Å². The molecule has 0 aromatic heterocycles. The van der Waals surface area contributed by atoms with Crippen molar-refractivity contribution in [1.29, 1.82) is 0 Å². The highest BCUT2D eigenvalue weighted by atomic mass is 16.3. The summed E-state index contributed by atoms with van der Waals surface area (Å²) in [5.74, 6) is 2.29. The lowest BCUT2D eigenvalue weighted by Crippen LogP contribution is -2.50. The Bertz CT molecular complexity index is 551. The van der Waals surface area contributed by atoms with Crippen LogP contribution >= 0.6 is 0 Å². The van der Waals surface area contributed by atoms with Crippen LogP contribution in [0.1, 0.15) is 69.4 Å². The highest BCUT2D eigenvalue weighted by Crippen LogP contribution is 2.64. The van der Waals surface area contributed by atoms with E-state index in [2.05, 4.69) is 38.1 Å². The summed E-state index contributed by atoms with van der Waals surface area (Å²) in [6, 6.07) is 9.11. The van der Waals surface area contributed by atoms with E-state index in [1.165, 1.54) is 32.1 Å². The molecular weight excluding hydrogens is 256 g/mol. The fourth-order valence-corrected chi connectivity index (χ4v) is 6.21. The van der Waals surface area contributed by atoms with E-state index in [4.69, 9.17) is 0 Å². The van der Waals surface area contributed by atoms with Gasteiger partial charge in [0.2, 0.25) is 0 Å². The van der Waals surface area contributed by atoms with Crippen LogP contribution < -0.4 is 0 Å². The van der Waals surface area contributed by atoms with Crippen molar-refractivity contribution in [2.45, 2.75) is 70.3 Å². The second-order valence-corrected chi connectivity index (χ2v) is 7.99. The molecule has 3 aliphatic carbocycles. The topological polar surface area (TPSA) is 20.2 Å². The quantitative estimate of drug-likeness (QED) is 0.793. The van der Waals surface area contributed by atoms with Gasteiger partial charge in [0.15, 0.2) is 0 Å². The Morgan fingerprint density at radius 2 is 1.95 bits per heavy atom. The monoisotopic (exact) mass is 284 g/mol. The first-order chi connectivity index (χ1) is 10.1. The summed E-state index contributed by atoms with van der Waals surface area (Å²) >= 11 is 0. The normalized spacial score (nSPS) is 44.8. The molecule has 0 spiro atoms. The molecule has 0 radical (unpaired) electrons. The van der Waals surface area contributed by atoms with Gasteiger partial charge >= 0.3 is 0 Å². The van der Waals surface area contributed by atoms with Crippen molar-refractivity contribution < 1.29 is 5.11 Å². The number of fused-ring (bicyclic) bond motifs is 5. The van der Waals surface area contributed by atoms with Crippen molar-refractivity contribution in [3.8, 4) is 0 Å². The first kappa shape index (κ1) is 13.8. The molecule has 2 fully saturated rings. The number of rotatable bonds is 1. The van der Waals surface area contributed by atoms with Crippen LogP contribution in [0.4, 0.5) is 0 Å². The van der Waals surface area contributed by atoms with Crippen molar-refractivity contribution in [1.82, 2.24) is 0 Å². The van der Waals surface area contributed by atoms with Crippen molar-refractivity contribution in [2.75, 3.05) is 0 Å².